The Bertz CT molecular complexity index is 871. The van der Waals surface area contributed by atoms with Crippen LogP contribution in [0.2, 0.25) is 0 Å². The lowest BCUT2D eigenvalue weighted by Crippen LogP contribution is -2.23. The molecule has 1 aliphatic rings. The molecule has 3 unspecified atom stereocenters. The Labute approximate surface area is 190 Å². The number of benzene rings is 2. The summed E-state index contributed by atoms with van der Waals surface area (Å²) in [5, 5.41) is 2.88. The van der Waals surface area contributed by atoms with Crippen LogP contribution in [0.1, 0.15) is 56.7 Å². The molecule has 32 heavy (non-hydrogen) atoms. The van der Waals surface area contributed by atoms with Crippen LogP contribution in [0.25, 0.3) is 0 Å². The van der Waals surface area contributed by atoms with Gasteiger partial charge in [0.15, 0.2) is 0 Å². The maximum absolute atomic E-state index is 14.4. The molecule has 2 aromatic rings. The van der Waals surface area contributed by atoms with E-state index in [2.05, 4.69) is 5.32 Å². The standard InChI is InChI=1S/C26H34FNO4/c1-18(28-19(2)29)21-7-11-23(12-8-21)32-25-10-5-20(16-25)4-6-22-9-13-24(17-26(22)27)31-15-14-30-3/h7-9,11-13,17-18,20,25H,4-6,10,14-16H2,1-3H3,(H,28,29). The third-order valence-corrected chi connectivity index (χ3v) is 6.00. The van der Waals surface area contributed by atoms with Gasteiger partial charge in [-0.05, 0) is 74.3 Å². The second kappa shape index (κ2) is 11.9. The molecule has 0 saturated heterocycles. The zero-order chi connectivity index (χ0) is 22.9. The average Bonchev–Trinajstić information content (AvgIpc) is 3.20. The third kappa shape index (κ3) is 7.23. The number of ether oxygens (including phenoxy) is 3. The lowest BCUT2D eigenvalue weighted by molar-refractivity contribution is -0.119. The Morgan fingerprint density at radius 2 is 1.88 bits per heavy atom. The van der Waals surface area contributed by atoms with E-state index in [1.54, 1.807) is 7.11 Å². The number of rotatable bonds is 11. The zero-order valence-electron chi connectivity index (χ0n) is 19.2. The molecule has 0 aromatic heterocycles. The van der Waals surface area contributed by atoms with E-state index >= 15 is 0 Å². The van der Waals surface area contributed by atoms with E-state index in [4.69, 9.17) is 14.2 Å². The molecule has 1 fully saturated rings. The molecule has 6 heteroatoms. The minimum Gasteiger partial charge on any atom is -0.491 e. The molecule has 1 aliphatic carbocycles. The van der Waals surface area contributed by atoms with Crippen LogP contribution in [0.15, 0.2) is 42.5 Å². The van der Waals surface area contributed by atoms with Gasteiger partial charge in [0.1, 0.15) is 23.9 Å². The molecule has 5 nitrogen and oxygen atoms in total. The number of aryl methyl sites for hydroxylation is 1. The lowest BCUT2D eigenvalue weighted by atomic mass is 9.98. The number of halogens is 1. The van der Waals surface area contributed by atoms with Crippen molar-refractivity contribution in [2.45, 2.75) is 58.1 Å². The van der Waals surface area contributed by atoms with E-state index in [-0.39, 0.29) is 23.9 Å². The van der Waals surface area contributed by atoms with Crippen molar-refractivity contribution in [3.63, 3.8) is 0 Å². The summed E-state index contributed by atoms with van der Waals surface area (Å²) in [4.78, 5) is 11.2. The number of methoxy groups -OCH3 is 1. The predicted molar refractivity (Wildman–Crippen MR) is 123 cm³/mol. The summed E-state index contributed by atoms with van der Waals surface area (Å²) in [6.07, 6.45) is 4.97. The number of hydrogen-bond acceptors (Lipinski definition) is 4. The first-order valence-corrected chi connectivity index (χ1v) is 11.4. The maximum Gasteiger partial charge on any atom is 0.217 e. The van der Waals surface area contributed by atoms with Crippen molar-refractivity contribution >= 4 is 5.91 Å². The topological polar surface area (TPSA) is 56.8 Å². The van der Waals surface area contributed by atoms with Gasteiger partial charge in [-0.25, -0.2) is 4.39 Å². The van der Waals surface area contributed by atoms with E-state index in [1.807, 2.05) is 43.3 Å². The molecule has 174 valence electrons. The molecule has 3 atom stereocenters. The van der Waals surface area contributed by atoms with Gasteiger partial charge in [-0.2, -0.15) is 0 Å². The molecular weight excluding hydrogens is 409 g/mol. The van der Waals surface area contributed by atoms with Gasteiger partial charge in [0.25, 0.3) is 0 Å². The fourth-order valence-corrected chi connectivity index (χ4v) is 4.24. The van der Waals surface area contributed by atoms with Gasteiger partial charge in [-0.1, -0.05) is 18.2 Å². The largest absolute Gasteiger partial charge is 0.491 e. The fraction of sp³-hybridized carbons (Fsp3) is 0.500. The smallest absolute Gasteiger partial charge is 0.217 e. The molecule has 3 rings (SSSR count). The van der Waals surface area contributed by atoms with Crippen molar-refractivity contribution in [1.82, 2.24) is 5.32 Å². The molecule has 0 heterocycles. The van der Waals surface area contributed by atoms with Crippen LogP contribution < -0.4 is 14.8 Å². The van der Waals surface area contributed by atoms with Crippen LogP contribution in [0, 0.1) is 11.7 Å². The van der Waals surface area contributed by atoms with Crippen molar-refractivity contribution in [3.05, 3.63) is 59.4 Å². The first-order valence-electron chi connectivity index (χ1n) is 11.4. The SMILES string of the molecule is COCCOc1ccc(CCC2CCC(Oc3ccc(C(C)NC(C)=O)cc3)C2)c(F)c1. The summed E-state index contributed by atoms with van der Waals surface area (Å²) in [5.41, 5.74) is 1.78. The van der Waals surface area contributed by atoms with Crippen LogP contribution >= 0.6 is 0 Å². The highest BCUT2D eigenvalue weighted by Crippen LogP contribution is 2.33. The summed E-state index contributed by atoms with van der Waals surface area (Å²) in [6.45, 7) is 4.38. The molecule has 0 spiro atoms. The van der Waals surface area contributed by atoms with Gasteiger partial charge in [0.2, 0.25) is 5.91 Å². The van der Waals surface area contributed by atoms with Crippen molar-refractivity contribution < 1.29 is 23.4 Å². The molecule has 0 aliphatic heterocycles. The van der Waals surface area contributed by atoms with Crippen molar-refractivity contribution in [2.24, 2.45) is 5.92 Å². The number of carbonyl (C=O) groups is 1. The summed E-state index contributed by atoms with van der Waals surface area (Å²) in [5.74, 6) is 1.68. The van der Waals surface area contributed by atoms with E-state index in [0.29, 0.717) is 24.9 Å². The van der Waals surface area contributed by atoms with Crippen LogP contribution in [-0.2, 0) is 16.0 Å². The van der Waals surface area contributed by atoms with Gasteiger partial charge < -0.3 is 19.5 Å². The predicted octanol–water partition coefficient (Wildman–Crippen LogP) is 5.23. The van der Waals surface area contributed by atoms with Crippen molar-refractivity contribution in [3.8, 4) is 11.5 Å². The molecule has 0 bridgehead atoms. The Morgan fingerprint density at radius 3 is 2.56 bits per heavy atom. The number of amides is 1. The van der Waals surface area contributed by atoms with E-state index in [9.17, 15) is 9.18 Å². The number of carbonyl (C=O) groups excluding carboxylic acids is 1. The Kier molecular flexibility index (Phi) is 8.91. The van der Waals surface area contributed by atoms with Crippen LogP contribution in [-0.4, -0.2) is 32.3 Å². The van der Waals surface area contributed by atoms with Gasteiger partial charge >= 0.3 is 0 Å². The summed E-state index contributed by atoms with van der Waals surface area (Å²) in [6, 6.07) is 13.0. The van der Waals surface area contributed by atoms with Crippen molar-refractivity contribution in [2.75, 3.05) is 20.3 Å². The normalized spacial score (nSPS) is 18.9. The van der Waals surface area contributed by atoms with Crippen LogP contribution in [0.3, 0.4) is 0 Å². The first-order chi connectivity index (χ1) is 15.4. The molecular formula is C26H34FNO4. The van der Waals surface area contributed by atoms with E-state index < -0.39 is 0 Å². The molecule has 1 N–H and O–H groups in total. The monoisotopic (exact) mass is 443 g/mol. The minimum absolute atomic E-state index is 0.0243. The quantitative estimate of drug-likeness (QED) is 0.483. The summed E-state index contributed by atoms with van der Waals surface area (Å²) >= 11 is 0. The number of hydrogen-bond donors (Lipinski definition) is 1. The second-order valence-electron chi connectivity index (χ2n) is 8.54. The Morgan fingerprint density at radius 1 is 1.12 bits per heavy atom. The molecule has 1 saturated carbocycles. The fourth-order valence-electron chi connectivity index (χ4n) is 4.24. The highest BCUT2D eigenvalue weighted by atomic mass is 19.1. The van der Waals surface area contributed by atoms with Crippen molar-refractivity contribution in [1.29, 1.82) is 0 Å². The minimum atomic E-state index is -0.209. The first kappa shape index (κ1) is 24.1. The van der Waals surface area contributed by atoms with Crippen LogP contribution in [0.5, 0.6) is 11.5 Å². The maximum atomic E-state index is 14.4. The Balaban J connectivity index is 1.43. The van der Waals surface area contributed by atoms with Gasteiger partial charge in [0, 0.05) is 20.1 Å². The highest BCUT2D eigenvalue weighted by Gasteiger charge is 2.26. The van der Waals surface area contributed by atoms with Gasteiger partial charge in [-0.3, -0.25) is 4.79 Å². The second-order valence-corrected chi connectivity index (χ2v) is 8.54. The van der Waals surface area contributed by atoms with E-state index in [0.717, 1.165) is 49.0 Å². The van der Waals surface area contributed by atoms with Gasteiger partial charge in [-0.15, -0.1) is 0 Å². The van der Waals surface area contributed by atoms with Crippen LogP contribution in [0.4, 0.5) is 4.39 Å². The lowest BCUT2D eigenvalue weighted by Gasteiger charge is -2.16. The average molecular weight is 444 g/mol. The van der Waals surface area contributed by atoms with Gasteiger partial charge in [0.05, 0.1) is 18.8 Å². The highest BCUT2D eigenvalue weighted by molar-refractivity contribution is 5.73. The molecule has 0 radical (unpaired) electrons. The van der Waals surface area contributed by atoms with E-state index in [1.165, 1.54) is 13.0 Å². The summed E-state index contributed by atoms with van der Waals surface area (Å²) < 4.78 is 31.0. The zero-order valence-corrected chi connectivity index (χ0v) is 19.2. The molecule has 1 amide bonds. The number of nitrogens with one attached hydrogen (secondary N) is 1. The molecule has 2 aromatic carbocycles. The third-order valence-electron chi connectivity index (χ3n) is 6.00. The summed E-state index contributed by atoms with van der Waals surface area (Å²) in [7, 11) is 1.61. The Hall–Kier alpha value is -2.60.